The van der Waals surface area contributed by atoms with E-state index in [4.69, 9.17) is 4.52 Å². The first-order valence-electron chi connectivity index (χ1n) is 9.42. The van der Waals surface area contributed by atoms with Crippen molar-refractivity contribution in [1.29, 1.82) is 0 Å². The average Bonchev–Trinajstić information content (AvgIpc) is 3.33. The summed E-state index contributed by atoms with van der Waals surface area (Å²) in [5.74, 6) is 0.706. The number of aromatic nitrogens is 2. The van der Waals surface area contributed by atoms with Gasteiger partial charge in [-0.25, -0.2) is 0 Å². The third kappa shape index (κ3) is 4.04. The molecule has 2 aromatic rings. The van der Waals surface area contributed by atoms with Gasteiger partial charge in [-0.15, -0.1) is 0 Å². The third-order valence-electron chi connectivity index (χ3n) is 5.40. The van der Waals surface area contributed by atoms with Crippen molar-refractivity contribution in [2.45, 2.75) is 44.4 Å². The Bertz CT molecular complexity index is 828. The van der Waals surface area contributed by atoms with E-state index < -0.39 is 11.7 Å². The van der Waals surface area contributed by atoms with Crippen LogP contribution in [0.25, 0.3) is 11.4 Å². The number of amides is 1. The fraction of sp³-hybridized carbons (Fsp3) is 0.526. The second-order valence-electron chi connectivity index (χ2n) is 7.32. The van der Waals surface area contributed by atoms with Crippen molar-refractivity contribution in [2.24, 2.45) is 0 Å². The highest BCUT2D eigenvalue weighted by Gasteiger charge is 2.32. The first-order chi connectivity index (χ1) is 13.4. The summed E-state index contributed by atoms with van der Waals surface area (Å²) in [6, 6.07) is 5.01. The molecule has 6 nitrogen and oxygen atoms in total. The number of hydrogen-bond donors (Lipinski definition) is 0. The Hall–Kier alpha value is -2.42. The van der Waals surface area contributed by atoms with Gasteiger partial charge in [-0.05, 0) is 25.0 Å². The summed E-state index contributed by atoms with van der Waals surface area (Å²) >= 11 is 0. The summed E-state index contributed by atoms with van der Waals surface area (Å²) in [5, 5.41) is 3.85. The fourth-order valence-corrected chi connectivity index (χ4v) is 3.91. The lowest BCUT2D eigenvalue weighted by atomic mass is 10.1. The van der Waals surface area contributed by atoms with Gasteiger partial charge >= 0.3 is 6.18 Å². The molecule has 0 unspecified atom stereocenters. The Labute approximate surface area is 160 Å². The number of carbonyl (C=O) groups is 1. The van der Waals surface area contributed by atoms with Gasteiger partial charge in [0.25, 0.3) is 0 Å². The van der Waals surface area contributed by atoms with Crippen LogP contribution in [-0.2, 0) is 17.5 Å². The Morgan fingerprint density at radius 1 is 1.11 bits per heavy atom. The van der Waals surface area contributed by atoms with Crippen molar-refractivity contribution in [3.05, 3.63) is 35.7 Å². The van der Waals surface area contributed by atoms with Crippen LogP contribution in [-0.4, -0.2) is 51.5 Å². The van der Waals surface area contributed by atoms with Crippen molar-refractivity contribution in [1.82, 2.24) is 19.9 Å². The molecule has 0 atom stereocenters. The standard InChI is InChI=1S/C19H21F3N4O2/c20-19(21,22)14-7-5-13(6-8-14)18-23-16(28-24-18)11-25-9-10-26(17(27)12-25)15-3-1-2-4-15/h5-8,15H,1-4,9-12H2. The Morgan fingerprint density at radius 3 is 2.46 bits per heavy atom. The van der Waals surface area contributed by atoms with E-state index in [1.165, 1.54) is 25.0 Å². The summed E-state index contributed by atoms with van der Waals surface area (Å²) < 4.78 is 43.2. The molecule has 1 aliphatic heterocycles. The topological polar surface area (TPSA) is 62.5 Å². The lowest BCUT2D eigenvalue weighted by molar-refractivity contribution is -0.139. The van der Waals surface area contributed by atoms with E-state index in [-0.39, 0.29) is 11.7 Å². The minimum atomic E-state index is -4.38. The first-order valence-corrected chi connectivity index (χ1v) is 9.42. The van der Waals surface area contributed by atoms with Crippen LogP contribution >= 0.6 is 0 Å². The van der Waals surface area contributed by atoms with Crippen LogP contribution in [0.5, 0.6) is 0 Å². The Kier molecular flexibility index (Phi) is 5.09. The van der Waals surface area contributed by atoms with Crippen LogP contribution in [0, 0.1) is 0 Å². The molecular formula is C19H21F3N4O2. The molecule has 28 heavy (non-hydrogen) atoms. The minimum Gasteiger partial charge on any atom is -0.338 e. The molecule has 2 aliphatic rings. The van der Waals surface area contributed by atoms with Gasteiger partial charge in [0.1, 0.15) is 0 Å². The van der Waals surface area contributed by atoms with E-state index in [0.717, 1.165) is 31.5 Å². The van der Waals surface area contributed by atoms with E-state index >= 15 is 0 Å². The van der Waals surface area contributed by atoms with Crippen molar-refractivity contribution in [2.75, 3.05) is 19.6 Å². The molecule has 0 N–H and O–H groups in total. The van der Waals surface area contributed by atoms with Crippen LogP contribution in [0.2, 0.25) is 0 Å². The third-order valence-corrected chi connectivity index (χ3v) is 5.40. The van der Waals surface area contributed by atoms with Crippen molar-refractivity contribution in [3.63, 3.8) is 0 Å². The minimum absolute atomic E-state index is 0.126. The molecule has 1 saturated heterocycles. The maximum atomic E-state index is 12.7. The summed E-state index contributed by atoms with van der Waals surface area (Å²) in [5.41, 5.74) is -0.274. The molecule has 150 valence electrons. The van der Waals surface area contributed by atoms with Crippen molar-refractivity contribution >= 4 is 5.91 Å². The van der Waals surface area contributed by atoms with Gasteiger partial charge in [0.2, 0.25) is 17.6 Å². The SMILES string of the molecule is O=C1CN(Cc2nc(-c3ccc(C(F)(F)F)cc3)no2)CCN1C1CCCC1. The van der Waals surface area contributed by atoms with Gasteiger partial charge in [-0.1, -0.05) is 30.1 Å². The summed E-state index contributed by atoms with van der Waals surface area (Å²) in [6.45, 7) is 2.09. The zero-order valence-electron chi connectivity index (χ0n) is 15.3. The largest absolute Gasteiger partial charge is 0.416 e. The summed E-state index contributed by atoms with van der Waals surface area (Å²) in [7, 11) is 0. The van der Waals surface area contributed by atoms with Gasteiger partial charge in [-0.3, -0.25) is 9.69 Å². The highest BCUT2D eigenvalue weighted by Crippen LogP contribution is 2.30. The van der Waals surface area contributed by atoms with Gasteiger partial charge in [0.05, 0.1) is 18.7 Å². The van der Waals surface area contributed by atoms with Crippen LogP contribution < -0.4 is 0 Å². The van der Waals surface area contributed by atoms with E-state index in [2.05, 4.69) is 10.1 Å². The smallest absolute Gasteiger partial charge is 0.338 e. The molecule has 1 amide bonds. The number of rotatable bonds is 4. The molecule has 2 fully saturated rings. The molecule has 0 radical (unpaired) electrons. The Morgan fingerprint density at radius 2 is 1.82 bits per heavy atom. The van der Waals surface area contributed by atoms with Crippen molar-refractivity contribution in [3.8, 4) is 11.4 Å². The second kappa shape index (κ2) is 7.54. The average molecular weight is 394 g/mol. The van der Waals surface area contributed by atoms with Gasteiger partial charge in [0, 0.05) is 24.7 Å². The molecule has 1 aliphatic carbocycles. The number of hydrogen-bond acceptors (Lipinski definition) is 5. The normalized spacial score (nSPS) is 19.5. The lowest BCUT2D eigenvalue weighted by Crippen LogP contribution is -2.53. The predicted octanol–water partition coefficient (Wildman–Crippen LogP) is 3.34. The fourth-order valence-electron chi connectivity index (χ4n) is 3.91. The molecule has 1 aromatic carbocycles. The molecule has 2 heterocycles. The molecule has 1 saturated carbocycles. The Balaban J connectivity index is 1.37. The number of benzene rings is 1. The summed E-state index contributed by atoms with van der Waals surface area (Å²) in [6.07, 6.45) is 0.172. The maximum Gasteiger partial charge on any atom is 0.416 e. The van der Waals surface area contributed by atoms with E-state index in [9.17, 15) is 18.0 Å². The highest BCUT2D eigenvalue weighted by atomic mass is 19.4. The van der Waals surface area contributed by atoms with E-state index in [1.807, 2.05) is 9.80 Å². The van der Waals surface area contributed by atoms with Crippen molar-refractivity contribution < 1.29 is 22.5 Å². The predicted molar refractivity (Wildman–Crippen MR) is 94.0 cm³/mol. The van der Waals surface area contributed by atoms with Crippen LogP contribution in [0.1, 0.15) is 37.1 Å². The number of nitrogens with zero attached hydrogens (tertiary/aromatic N) is 4. The van der Waals surface area contributed by atoms with Gasteiger partial charge in [-0.2, -0.15) is 18.2 Å². The molecule has 4 rings (SSSR count). The zero-order chi connectivity index (χ0) is 19.7. The van der Waals surface area contributed by atoms with Crippen LogP contribution in [0.4, 0.5) is 13.2 Å². The number of alkyl halides is 3. The number of carbonyl (C=O) groups excluding carboxylic acids is 1. The molecule has 0 spiro atoms. The molecule has 0 bridgehead atoms. The molecule has 1 aromatic heterocycles. The lowest BCUT2D eigenvalue weighted by Gasteiger charge is -2.37. The zero-order valence-corrected chi connectivity index (χ0v) is 15.3. The highest BCUT2D eigenvalue weighted by molar-refractivity contribution is 5.79. The quantitative estimate of drug-likeness (QED) is 0.796. The molecule has 9 heteroatoms. The van der Waals surface area contributed by atoms with E-state index in [1.54, 1.807) is 0 Å². The monoisotopic (exact) mass is 394 g/mol. The van der Waals surface area contributed by atoms with E-state index in [0.29, 0.717) is 37.1 Å². The van der Waals surface area contributed by atoms with Crippen LogP contribution in [0.15, 0.2) is 28.8 Å². The first kappa shape index (κ1) is 18.9. The number of piperazine rings is 1. The maximum absolute atomic E-state index is 12.7. The van der Waals surface area contributed by atoms with Gasteiger partial charge < -0.3 is 9.42 Å². The second-order valence-corrected chi connectivity index (χ2v) is 7.32. The number of halogens is 3. The van der Waals surface area contributed by atoms with Gasteiger partial charge in [0.15, 0.2) is 0 Å². The molecular weight excluding hydrogens is 373 g/mol. The summed E-state index contributed by atoms with van der Waals surface area (Å²) in [4.78, 5) is 20.7. The van der Waals surface area contributed by atoms with Crippen LogP contribution in [0.3, 0.4) is 0 Å².